The predicted octanol–water partition coefficient (Wildman–Crippen LogP) is 2.82. The Balaban J connectivity index is 2.42. The van der Waals surface area contributed by atoms with Gasteiger partial charge < -0.3 is 15.2 Å². The Morgan fingerprint density at radius 2 is 2.00 bits per heavy atom. The Hall–Kier alpha value is -1.22. The van der Waals surface area contributed by atoms with Crippen molar-refractivity contribution >= 4 is 0 Å². The minimum absolute atomic E-state index is 0.238. The van der Waals surface area contributed by atoms with Crippen LogP contribution in [0.3, 0.4) is 0 Å². The first kappa shape index (κ1) is 12.2. The lowest BCUT2D eigenvalue weighted by molar-refractivity contribution is 0.302. The van der Waals surface area contributed by atoms with E-state index in [1.165, 1.54) is 12.8 Å². The first-order valence-electron chi connectivity index (χ1n) is 6.30. The molecule has 0 heterocycles. The van der Waals surface area contributed by atoms with Crippen LogP contribution in [0.2, 0.25) is 0 Å². The minimum atomic E-state index is -0.238. The van der Waals surface area contributed by atoms with Crippen LogP contribution in [0.1, 0.15) is 38.2 Å². The topological polar surface area (TPSA) is 44.5 Å². The molecule has 0 saturated heterocycles. The number of hydrogen-bond acceptors (Lipinski definition) is 3. The third-order valence-corrected chi connectivity index (χ3v) is 3.52. The van der Waals surface area contributed by atoms with Crippen molar-refractivity contribution in [1.82, 2.24) is 0 Å². The zero-order valence-corrected chi connectivity index (χ0v) is 10.7. The number of nitrogens with two attached hydrogens (primary N) is 1. The van der Waals surface area contributed by atoms with Crippen LogP contribution in [0, 0.1) is 0 Å². The van der Waals surface area contributed by atoms with Crippen LogP contribution in [-0.4, -0.2) is 13.7 Å². The van der Waals surface area contributed by atoms with Crippen molar-refractivity contribution in [3.8, 4) is 11.5 Å². The van der Waals surface area contributed by atoms with Crippen LogP contribution in [0.4, 0.5) is 0 Å². The van der Waals surface area contributed by atoms with Gasteiger partial charge in [0.1, 0.15) is 0 Å². The first-order valence-corrected chi connectivity index (χ1v) is 6.30. The second-order valence-electron chi connectivity index (χ2n) is 4.63. The second-order valence-corrected chi connectivity index (χ2v) is 4.63. The summed E-state index contributed by atoms with van der Waals surface area (Å²) in [5, 5.41) is 0. The lowest BCUT2D eigenvalue weighted by atomic mass is 9.88. The van der Waals surface area contributed by atoms with Crippen LogP contribution in [-0.2, 0) is 5.54 Å². The summed E-state index contributed by atoms with van der Waals surface area (Å²) < 4.78 is 11.1. The maximum Gasteiger partial charge on any atom is 0.165 e. The maximum absolute atomic E-state index is 6.49. The van der Waals surface area contributed by atoms with Gasteiger partial charge in [0.15, 0.2) is 11.5 Å². The third-order valence-electron chi connectivity index (χ3n) is 3.52. The van der Waals surface area contributed by atoms with Crippen LogP contribution in [0.25, 0.3) is 0 Å². The molecule has 1 aliphatic rings. The molecule has 1 aromatic rings. The van der Waals surface area contributed by atoms with Crippen molar-refractivity contribution < 1.29 is 9.47 Å². The highest BCUT2D eigenvalue weighted by atomic mass is 16.5. The van der Waals surface area contributed by atoms with Crippen LogP contribution in [0.5, 0.6) is 11.5 Å². The zero-order chi connectivity index (χ0) is 12.3. The van der Waals surface area contributed by atoms with Gasteiger partial charge in [0, 0.05) is 11.1 Å². The van der Waals surface area contributed by atoms with E-state index in [2.05, 4.69) is 6.07 Å². The standard InChI is InChI=1S/C14H21NO2/c1-3-17-12-8-6-7-11(13(12)16-2)14(15)9-4-5-10-14/h6-8H,3-5,9-10,15H2,1-2H3. The number of ether oxygens (including phenoxy) is 2. The lowest BCUT2D eigenvalue weighted by Gasteiger charge is -2.27. The van der Waals surface area contributed by atoms with E-state index in [1.807, 2.05) is 19.1 Å². The number of rotatable bonds is 4. The molecule has 0 aromatic heterocycles. The molecule has 0 unspecified atom stereocenters. The van der Waals surface area contributed by atoms with Crippen LogP contribution >= 0.6 is 0 Å². The predicted molar refractivity (Wildman–Crippen MR) is 68.5 cm³/mol. The van der Waals surface area contributed by atoms with Crippen molar-refractivity contribution in [3.05, 3.63) is 23.8 Å². The summed E-state index contributed by atoms with van der Waals surface area (Å²) in [4.78, 5) is 0. The summed E-state index contributed by atoms with van der Waals surface area (Å²) in [7, 11) is 1.68. The largest absolute Gasteiger partial charge is 0.493 e. The van der Waals surface area contributed by atoms with Crippen LogP contribution < -0.4 is 15.2 Å². The van der Waals surface area contributed by atoms with E-state index >= 15 is 0 Å². The summed E-state index contributed by atoms with van der Waals surface area (Å²) in [6.45, 7) is 2.61. The fraction of sp³-hybridized carbons (Fsp3) is 0.571. The fourth-order valence-corrected chi connectivity index (χ4v) is 2.66. The molecule has 0 radical (unpaired) electrons. The van der Waals surface area contributed by atoms with Crippen molar-refractivity contribution in [2.75, 3.05) is 13.7 Å². The Labute approximate surface area is 103 Å². The van der Waals surface area contributed by atoms with Crippen molar-refractivity contribution in [2.45, 2.75) is 38.1 Å². The molecular formula is C14H21NO2. The minimum Gasteiger partial charge on any atom is -0.493 e. The van der Waals surface area contributed by atoms with E-state index in [0.717, 1.165) is 29.9 Å². The summed E-state index contributed by atoms with van der Waals surface area (Å²) >= 11 is 0. The summed E-state index contributed by atoms with van der Waals surface area (Å²) in [5.74, 6) is 1.60. The van der Waals surface area contributed by atoms with Crippen molar-refractivity contribution in [2.24, 2.45) is 5.73 Å². The fourth-order valence-electron chi connectivity index (χ4n) is 2.66. The van der Waals surface area contributed by atoms with Gasteiger partial charge >= 0.3 is 0 Å². The molecule has 2 rings (SSSR count). The van der Waals surface area contributed by atoms with E-state index in [0.29, 0.717) is 6.61 Å². The molecule has 1 saturated carbocycles. The normalized spacial score (nSPS) is 18.1. The van der Waals surface area contributed by atoms with Gasteiger partial charge in [0.25, 0.3) is 0 Å². The molecule has 17 heavy (non-hydrogen) atoms. The van der Waals surface area contributed by atoms with E-state index in [4.69, 9.17) is 15.2 Å². The molecule has 0 amide bonds. The van der Waals surface area contributed by atoms with Crippen LogP contribution in [0.15, 0.2) is 18.2 Å². The number of methoxy groups -OCH3 is 1. The first-order chi connectivity index (χ1) is 8.21. The van der Waals surface area contributed by atoms with Gasteiger partial charge in [-0.05, 0) is 25.8 Å². The summed E-state index contributed by atoms with van der Waals surface area (Å²) in [6, 6.07) is 5.99. The van der Waals surface area contributed by atoms with E-state index in [9.17, 15) is 0 Å². The molecule has 1 fully saturated rings. The van der Waals surface area contributed by atoms with E-state index < -0.39 is 0 Å². The molecule has 1 aliphatic carbocycles. The van der Waals surface area contributed by atoms with Gasteiger partial charge in [0.2, 0.25) is 0 Å². The molecule has 94 valence electrons. The Kier molecular flexibility index (Phi) is 3.57. The molecule has 0 spiro atoms. The monoisotopic (exact) mass is 235 g/mol. The average molecular weight is 235 g/mol. The maximum atomic E-state index is 6.49. The molecule has 3 heteroatoms. The van der Waals surface area contributed by atoms with E-state index in [1.54, 1.807) is 7.11 Å². The number of hydrogen-bond donors (Lipinski definition) is 1. The SMILES string of the molecule is CCOc1cccc(C2(N)CCCC2)c1OC. The van der Waals surface area contributed by atoms with Gasteiger partial charge in [-0.2, -0.15) is 0 Å². The van der Waals surface area contributed by atoms with Gasteiger partial charge in [0.05, 0.1) is 13.7 Å². The van der Waals surface area contributed by atoms with E-state index in [-0.39, 0.29) is 5.54 Å². The number of benzene rings is 1. The number of para-hydroxylation sites is 1. The molecule has 0 aliphatic heterocycles. The third kappa shape index (κ3) is 2.25. The lowest BCUT2D eigenvalue weighted by Crippen LogP contribution is -2.33. The second kappa shape index (κ2) is 4.96. The molecular weight excluding hydrogens is 214 g/mol. The summed E-state index contributed by atoms with van der Waals surface area (Å²) in [6.07, 6.45) is 4.44. The van der Waals surface area contributed by atoms with Gasteiger partial charge in [-0.3, -0.25) is 0 Å². The van der Waals surface area contributed by atoms with Gasteiger partial charge in [-0.25, -0.2) is 0 Å². The smallest absolute Gasteiger partial charge is 0.165 e. The quantitative estimate of drug-likeness (QED) is 0.872. The molecule has 2 N–H and O–H groups in total. The highest BCUT2D eigenvalue weighted by Crippen LogP contribution is 2.43. The average Bonchev–Trinajstić information content (AvgIpc) is 2.77. The summed E-state index contributed by atoms with van der Waals surface area (Å²) in [5.41, 5.74) is 7.34. The highest BCUT2D eigenvalue weighted by molar-refractivity contribution is 5.50. The van der Waals surface area contributed by atoms with Gasteiger partial charge in [-0.1, -0.05) is 25.0 Å². The van der Waals surface area contributed by atoms with Crippen molar-refractivity contribution in [3.63, 3.8) is 0 Å². The molecule has 1 aromatic carbocycles. The van der Waals surface area contributed by atoms with Gasteiger partial charge in [-0.15, -0.1) is 0 Å². The highest BCUT2D eigenvalue weighted by Gasteiger charge is 2.34. The Morgan fingerprint density at radius 1 is 1.29 bits per heavy atom. The molecule has 0 bridgehead atoms. The van der Waals surface area contributed by atoms with Crippen molar-refractivity contribution in [1.29, 1.82) is 0 Å². The molecule has 0 atom stereocenters. The zero-order valence-electron chi connectivity index (χ0n) is 10.7. The Bertz CT molecular complexity index is 384. The molecule has 3 nitrogen and oxygen atoms in total. The Morgan fingerprint density at radius 3 is 2.59 bits per heavy atom.